The number of nitrogens with one attached hydrogen (secondary N) is 1. The number of benzene rings is 1. The monoisotopic (exact) mass is 369 g/mol. The molecule has 0 saturated carbocycles. The Morgan fingerprint density at radius 2 is 2.09 bits per heavy atom. The second kappa shape index (κ2) is 8.15. The number of rotatable bonds is 5. The van der Waals surface area contributed by atoms with Crippen LogP contribution < -0.4 is 5.32 Å². The van der Waals surface area contributed by atoms with E-state index in [4.69, 9.17) is 27.9 Å². The lowest BCUT2D eigenvalue weighted by atomic mass is 10.3. The number of hydrogen-bond donors (Lipinski definition) is 1. The van der Waals surface area contributed by atoms with E-state index < -0.39 is 18.0 Å². The zero-order valence-electron chi connectivity index (χ0n) is 12.1. The first-order valence-corrected chi connectivity index (χ1v) is 8.27. The van der Waals surface area contributed by atoms with Gasteiger partial charge in [0.15, 0.2) is 6.10 Å². The second-order valence-corrected chi connectivity index (χ2v) is 6.36. The van der Waals surface area contributed by atoms with Crippen molar-refractivity contribution in [2.24, 2.45) is 0 Å². The molecule has 2 aromatic rings. The summed E-state index contributed by atoms with van der Waals surface area (Å²) in [5, 5.41) is 5.25. The summed E-state index contributed by atoms with van der Waals surface area (Å²) < 4.78 is 5.04. The molecule has 0 radical (unpaired) electrons. The van der Waals surface area contributed by atoms with Crippen molar-refractivity contribution in [1.82, 2.24) is 0 Å². The molecule has 1 heterocycles. The van der Waals surface area contributed by atoms with Gasteiger partial charge in [-0.05, 0) is 42.6 Å². The number of hydrogen-bond acceptors (Lipinski definition) is 4. The molecule has 1 aromatic carbocycles. The van der Waals surface area contributed by atoms with Gasteiger partial charge < -0.3 is 10.1 Å². The summed E-state index contributed by atoms with van der Waals surface area (Å²) in [6.45, 7) is 1.48. The van der Waals surface area contributed by atoms with Crippen molar-refractivity contribution in [3.63, 3.8) is 0 Å². The summed E-state index contributed by atoms with van der Waals surface area (Å²) in [7, 11) is 0. The first-order chi connectivity index (χ1) is 11.0. The van der Waals surface area contributed by atoms with E-state index in [0.29, 0.717) is 15.7 Å². The summed E-state index contributed by atoms with van der Waals surface area (Å²) in [6.07, 6.45) is 1.94. The van der Waals surface area contributed by atoms with Crippen molar-refractivity contribution in [3.8, 4) is 0 Å². The summed E-state index contributed by atoms with van der Waals surface area (Å²) in [4.78, 5) is 24.6. The Kier molecular flexibility index (Phi) is 6.21. The lowest BCUT2D eigenvalue weighted by Crippen LogP contribution is -2.29. The van der Waals surface area contributed by atoms with Crippen LogP contribution in [-0.2, 0) is 14.3 Å². The van der Waals surface area contributed by atoms with Gasteiger partial charge in [-0.3, -0.25) is 4.79 Å². The van der Waals surface area contributed by atoms with Gasteiger partial charge in [-0.1, -0.05) is 29.3 Å². The Balaban J connectivity index is 1.92. The average Bonchev–Trinajstić information content (AvgIpc) is 3.02. The third-order valence-corrected chi connectivity index (χ3v) is 4.18. The Bertz CT molecular complexity index is 729. The molecule has 1 aromatic heterocycles. The highest BCUT2D eigenvalue weighted by atomic mass is 35.5. The number of esters is 1. The van der Waals surface area contributed by atoms with Crippen LogP contribution in [0.25, 0.3) is 6.08 Å². The number of halogens is 2. The zero-order valence-corrected chi connectivity index (χ0v) is 14.4. The number of amides is 1. The predicted octanol–water partition coefficient (Wildman–Crippen LogP) is 4.64. The largest absolute Gasteiger partial charge is 0.449 e. The molecule has 2 rings (SSSR count). The molecule has 0 aliphatic carbocycles. The topological polar surface area (TPSA) is 55.4 Å². The molecule has 4 nitrogen and oxygen atoms in total. The van der Waals surface area contributed by atoms with Gasteiger partial charge in [-0.15, -0.1) is 11.3 Å². The highest BCUT2D eigenvalue weighted by molar-refractivity contribution is 7.10. The van der Waals surface area contributed by atoms with Crippen molar-refractivity contribution >= 4 is 58.2 Å². The van der Waals surface area contributed by atoms with Crippen molar-refractivity contribution in [2.75, 3.05) is 5.32 Å². The summed E-state index contributed by atoms with van der Waals surface area (Å²) in [5.41, 5.74) is 0.362. The van der Waals surface area contributed by atoms with Crippen molar-refractivity contribution in [1.29, 1.82) is 0 Å². The minimum absolute atomic E-state index is 0.346. The zero-order chi connectivity index (χ0) is 16.8. The maximum atomic E-state index is 12.0. The molecule has 23 heavy (non-hydrogen) atoms. The molecular weight excluding hydrogens is 357 g/mol. The van der Waals surface area contributed by atoms with Crippen LogP contribution in [0.3, 0.4) is 0 Å². The van der Waals surface area contributed by atoms with Crippen molar-refractivity contribution in [3.05, 3.63) is 56.7 Å². The van der Waals surface area contributed by atoms with E-state index in [1.54, 1.807) is 18.2 Å². The fourth-order valence-corrected chi connectivity index (χ4v) is 2.59. The van der Waals surface area contributed by atoms with E-state index in [0.717, 1.165) is 4.88 Å². The van der Waals surface area contributed by atoms with Crippen LogP contribution in [0.1, 0.15) is 11.8 Å². The summed E-state index contributed by atoms with van der Waals surface area (Å²) in [5.74, 6) is -1.09. The second-order valence-electron chi connectivity index (χ2n) is 4.54. The molecule has 0 aliphatic heterocycles. The van der Waals surface area contributed by atoms with Gasteiger partial charge in [0.25, 0.3) is 5.91 Å². The van der Waals surface area contributed by atoms with E-state index in [1.165, 1.54) is 30.4 Å². The van der Waals surface area contributed by atoms with Gasteiger partial charge in [0.05, 0.1) is 10.7 Å². The van der Waals surface area contributed by atoms with Crippen LogP contribution in [0.2, 0.25) is 10.0 Å². The highest BCUT2D eigenvalue weighted by Crippen LogP contribution is 2.25. The smallest absolute Gasteiger partial charge is 0.331 e. The van der Waals surface area contributed by atoms with Crippen LogP contribution >= 0.6 is 34.5 Å². The van der Waals surface area contributed by atoms with E-state index in [9.17, 15) is 9.59 Å². The predicted molar refractivity (Wildman–Crippen MR) is 94.0 cm³/mol. The Hall–Kier alpha value is -1.82. The molecule has 120 valence electrons. The minimum Gasteiger partial charge on any atom is -0.449 e. The first-order valence-electron chi connectivity index (χ1n) is 6.64. The van der Waals surface area contributed by atoms with Gasteiger partial charge in [0.2, 0.25) is 0 Å². The normalized spacial score (nSPS) is 12.1. The average molecular weight is 370 g/mol. The summed E-state index contributed by atoms with van der Waals surface area (Å²) >= 11 is 13.3. The van der Waals surface area contributed by atoms with Gasteiger partial charge in [-0.25, -0.2) is 4.79 Å². The van der Waals surface area contributed by atoms with Gasteiger partial charge in [-0.2, -0.15) is 0 Å². The fraction of sp³-hybridized carbons (Fsp3) is 0.125. The molecule has 0 unspecified atom stereocenters. The fourth-order valence-electron chi connectivity index (χ4n) is 1.63. The third kappa shape index (κ3) is 5.39. The van der Waals surface area contributed by atoms with E-state index in [-0.39, 0.29) is 0 Å². The molecule has 0 saturated heterocycles. The SMILES string of the molecule is C[C@@H](OC(=O)/C=C/c1cccs1)C(=O)Nc1cc(Cl)ccc1Cl. The first kappa shape index (κ1) is 17.5. The number of carbonyl (C=O) groups excluding carboxylic acids is 2. The number of anilines is 1. The quantitative estimate of drug-likeness (QED) is 0.616. The standard InChI is InChI=1S/C16H13Cl2NO3S/c1-10(22-15(20)7-5-12-3-2-8-23-12)16(21)19-14-9-11(17)4-6-13(14)18/h2-10H,1H3,(H,19,21)/b7-5+/t10-/m1/s1. The van der Waals surface area contributed by atoms with Gasteiger partial charge in [0.1, 0.15) is 0 Å². The molecule has 0 spiro atoms. The molecular formula is C16H13Cl2NO3S. The van der Waals surface area contributed by atoms with Crippen LogP contribution in [0, 0.1) is 0 Å². The number of thiophene rings is 1. The Morgan fingerprint density at radius 1 is 1.30 bits per heavy atom. The molecule has 7 heteroatoms. The lowest BCUT2D eigenvalue weighted by molar-refractivity contribution is -0.148. The van der Waals surface area contributed by atoms with E-state index in [2.05, 4.69) is 5.32 Å². The molecule has 1 amide bonds. The summed E-state index contributed by atoms with van der Waals surface area (Å²) in [6, 6.07) is 8.44. The third-order valence-electron chi connectivity index (χ3n) is 2.78. The van der Waals surface area contributed by atoms with E-state index in [1.807, 2.05) is 17.5 Å². The molecule has 1 atom stereocenters. The van der Waals surface area contributed by atoms with Crippen LogP contribution in [-0.4, -0.2) is 18.0 Å². The van der Waals surface area contributed by atoms with Crippen molar-refractivity contribution < 1.29 is 14.3 Å². The molecule has 0 bridgehead atoms. The maximum absolute atomic E-state index is 12.0. The molecule has 0 aliphatic rings. The molecule has 0 fully saturated rings. The van der Waals surface area contributed by atoms with Crippen LogP contribution in [0.5, 0.6) is 0 Å². The number of carbonyl (C=O) groups is 2. The van der Waals surface area contributed by atoms with Crippen LogP contribution in [0.4, 0.5) is 5.69 Å². The van der Waals surface area contributed by atoms with Crippen LogP contribution in [0.15, 0.2) is 41.8 Å². The lowest BCUT2D eigenvalue weighted by Gasteiger charge is -2.13. The Labute approximate surface area is 147 Å². The van der Waals surface area contributed by atoms with Gasteiger partial charge in [0, 0.05) is 16.0 Å². The van der Waals surface area contributed by atoms with Gasteiger partial charge >= 0.3 is 5.97 Å². The van der Waals surface area contributed by atoms with E-state index >= 15 is 0 Å². The minimum atomic E-state index is -0.967. The van der Waals surface area contributed by atoms with Crippen molar-refractivity contribution in [2.45, 2.75) is 13.0 Å². The highest BCUT2D eigenvalue weighted by Gasteiger charge is 2.17. The molecule has 1 N–H and O–H groups in total. The Morgan fingerprint density at radius 3 is 2.78 bits per heavy atom. The maximum Gasteiger partial charge on any atom is 0.331 e. The number of ether oxygens (including phenoxy) is 1.